The fraction of sp³-hybridized carbons (Fsp3) is 0.429. The molecule has 0 fully saturated rings. The standard InChI is InChI=1S/C7H10ClNO2/c1-3-6(4-7(8)10)5-9-11-2/h4-5H,3H2,1-2H3. The molecular weight excluding hydrogens is 166 g/mol. The van der Waals surface area contributed by atoms with Crippen molar-refractivity contribution in [1.29, 1.82) is 0 Å². The van der Waals surface area contributed by atoms with Crippen LogP contribution in [0.5, 0.6) is 0 Å². The largest absolute Gasteiger partial charge is 0.399 e. The molecule has 0 aliphatic rings. The zero-order valence-corrected chi connectivity index (χ0v) is 7.26. The van der Waals surface area contributed by atoms with Crippen LogP contribution in [0.4, 0.5) is 0 Å². The number of halogens is 1. The SMILES string of the molecule is CCC(C=NOC)=CC(=O)Cl. The van der Waals surface area contributed by atoms with Gasteiger partial charge in [0.2, 0.25) is 5.24 Å². The average molecular weight is 176 g/mol. The molecule has 0 saturated carbocycles. The third-order valence-corrected chi connectivity index (χ3v) is 1.14. The molecule has 0 aromatic heterocycles. The van der Waals surface area contributed by atoms with E-state index in [0.29, 0.717) is 6.42 Å². The van der Waals surface area contributed by atoms with Crippen LogP contribution in [0.2, 0.25) is 0 Å². The van der Waals surface area contributed by atoms with Crippen LogP contribution in [-0.2, 0) is 9.63 Å². The molecule has 0 aliphatic heterocycles. The van der Waals surface area contributed by atoms with Gasteiger partial charge in [-0.2, -0.15) is 0 Å². The molecule has 4 heteroatoms. The van der Waals surface area contributed by atoms with Crippen molar-refractivity contribution in [2.45, 2.75) is 13.3 Å². The van der Waals surface area contributed by atoms with Crippen molar-refractivity contribution in [2.24, 2.45) is 5.16 Å². The molecule has 0 unspecified atom stereocenters. The molecular formula is C7H10ClNO2. The van der Waals surface area contributed by atoms with Gasteiger partial charge in [-0.1, -0.05) is 12.1 Å². The first-order chi connectivity index (χ1) is 5.20. The Bertz CT molecular complexity index is 187. The van der Waals surface area contributed by atoms with E-state index in [1.54, 1.807) is 0 Å². The minimum atomic E-state index is -0.496. The first kappa shape index (κ1) is 10.2. The van der Waals surface area contributed by atoms with Crippen LogP contribution in [0.15, 0.2) is 16.8 Å². The first-order valence-corrected chi connectivity index (χ1v) is 3.55. The van der Waals surface area contributed by atoms with Gasteiger partial charge >= 0.3 is 0 Å². The van der Waals surface area contributed by atoms with E-state index in [0.717, 1.165) is 5.57 Å². The molecule has 0 saturated heterocycles. The highest BCUT2D eigenvalue weighted by atomic mass is 35.5. The summed E-state index contributed by atoms with van der Waals surface area (Å²) in [6, 6.07) is 0. The summed E-state index contributed by atoms with van der Waals surface area (Å²) < 4.78 is 0. The Morgan fingerprint density at radius 1 is 1.73 bits per heavy atom. The average Bonchev–Trinajstić information content (AvgIpc) is 1.97. The van der Waals surface area contributed by atoms with Gasteiger partial charge < -0.3 is 4.84 Å². The molecule has 0 bridgehead atoms. The quantitative estimate of drug-likeness (QED) is 0.283. The Balaban J connectivity index is 4.16. The number of hydrogen-bond donors (Lipinski definition) is 0. The van der Waals surface area contributed by atoms with Crippen molar-refractivity contribution < 1.29 is 9.63 Å². The van der Waals surface area contributed by atoms with E-state index in [1.807, 2.05) is 6.92 Å². The van der Waals surface area contributed by atoms with Crippen molar-refractivity contribution in [3.63, 3.8) is 0 Å². The maximum Gasteiger partial charge on any atom is 0.245 e. The normalized spacial score (nSPS) is 12.1. The minimum absolute atomic E-state index is 0.496. The summed E-state index contributed by atoms with van der Waals surface area (Å²) >= 11 is 5.11. The number of carbonyl (C=O) groups excluding carboxylic acids is 1. The number of carbonyl (C=O) groups is 1. The second kappa shape index (κ2) is 5.92. The van der Waals surface area contributed by atoms with Crippen molar-refractivity contribution in [1.82, 2.24) is 0 Å². The zero-order chi connectivity index (χ0) is 8.69. The van der Waals surface area contributed by atoms with E-state index in [-0.39, 0.29) is 0 Å². The summed E-state index contributed by atoms with van der Waals surface area (Å²) in [5.41, 5.74) is 0.742. The summed E-state index contributed by atoms with van der Waals surface area (Å²) in [7, 11) is 1.44. The van der Waals surface area contributed by atoms with Gasteiger partial charge in [0.25, 0.3) is 0 Å². The molecule has 0 N–H and O–H groups in total. The second-order valence-electron chi connectivity index (χ2n) is 1.79. The highest BCUT2D eigenvalue weighted by Gasteiger charge is 1.93. The summed E-state index contributed by atoms with van der Waals surface area (Å²) in [4.78, 5) is 14.8. The van der Waals surface area contributed by atoms with Crippen LogP contribution >= 0.6 is 11.6 Å². The predicted octanol–water partition coefficient (Wildman–Crippen LogP) is 1.72. The Hall–Kier alpha value is -0.830. The van der Waals surface area contributed by atoms with E-state index >= 15 is 0 Å². The third-order valence-electron chi connectivity index (χ3n) is 1.03. The predicted molar refractivity (Wildman–Crippen MR) is 44.7 cm³/mol. The van der Waals surface area contributed by atoms with Crippen LogP contribution in [0.25, 0.3) is 0 Å². The van der Waals surface area contributed by atoms with E-state index in [9.17, 15) is 4.79 Å². The van der Waals surface area contributed by atoms with Gasteiger partial charge in [0.15, 0.2) is 0 Å². The molecule has 0 aromatic rings. The molecule has 0 aromatic carbocycles. The Morgan fingerprint density at radius 3 is 2.73 bits per heavy atom. The van der Waals surface area contributed by atoms with E-state index in [1.165, 1.54) is 19.4 Å². The molecule has 0 amide bonds. The number of nitrogens with zero attached hydrogens (tertiary/aromatic N) is 1. The maximum absolute atomic E-state index is 10.4. The topological polar surface area (TPSA) is 38.7 Å². The van der Waals surface area contributed by atoms with E-state index in [4.69, 9.17) is 11.6 Å². The van der Waals surface area contributed by atoms with Crippen LogP contribution < -0.4 is 0 Å². The van der Waals surface area contributed by atoms with Crippen molar-refractivity contribution in [3.05, 3.63) is 11.6 Å². The Kier molecular flexibility index (Phi) is 5.47. The van der Waals surface area contributed by atoms with Gasteiger partial charge in [-0.3, -0.25) is 4.79 Å². The minimum Gasteiger partial charge on any atom is -0.399 e. The van der Waals surface area contributed by atoms with E-state index < -0.39 is 5.24 Å². The maximum atomic E-state index is 10.4. The summed E-state index contributed by atoms with van der Waals surface area (Å²) in [6.45, 7) is 1.90. The lowest BCUT2D eigenvalue weighted by atomic mass is 10.2. The summed E-state index contributed by atoms with van der Waals surface area (Å²) in [5.74, 6) is 0. The van der Waals surface area contributed by atoms with Crippen LogP contribution in [-0.4, -0.2) is 18.6 Å². The lowest BCUT2D eigenvalue weighted by Gasteiger charge is -1.91. The molecule has 62 valence electrons. The molecule has 0 atom stereocenters. The second-order valence-corrected chi connectivity index (χ2v) is 2.17. The van der Waals surface area contributed by atoms with Crippen molar-refractivity contribution in [2.75, 3.05) is 7.11 Å². The van der Waals surface area contributed by atoms with Crippen molar-refractivity contribution in [3.8, 4) is 0 Å². The highest BCUT2D eigenvalue weighted by molar-refractivity contribution is 6.66. The molecule has 0 spiro atoms. The van der Waals surface area contributed by atoms with E-state index in [2.05, 4.69) is 9.99 Å². The van der Waals surface area contributed by atoms with Crippen LogP contribution in [0.1, 0.15) is 13.3 Å². The van der Waals surface area contributed by atoms with Gasteiger partial charge in [0.05, 0.1) is 6.21 Å². The number of hydrogen-bond acceptors (Lipinski definition) is 3. The third kappa shape index (κ3) is 5.61. The highest BCUT2D eigenvalue weighted by Crippen LogP contribution is 1.98. The molecule has 0 aliphatic carbocycles. The zero-order valence-electron chi connectivity index (χ0n) is 6.50. The number of rotatable bonds is 4. The molecule has 0 radical (unpaired) electrons. The Morgan fingerprint density at radius 2 is 2.36 bits per heavy atom. The molecule has 3 nitrogen and oxygen atoms in total. The van der Waals surface area contributed by atoms with Gasteiger partial charge in [-0.25, -0.2) is 0 Å². The fourth-order valence-corrected chi connectivity index (χ4v) is 0.637. The first-order valence-electron chi connectivity index (χ1n) is 3.17. The van der Waals surface area contributed by atoms with Gasteiger partial charge in [-0.15, -0.1) is 0 Å². The summed E-state index contributed by atoms with van der Waals surface area (Å²) in [5, 5.41) is 3.00. The van der Waals surface area contributed by atoms with Gasteiger partial charge in [-0.05, 0) is 23.6 Å². The monoisotopic (exact) mass is 175 g/mol. The van der Waals surface area contributed by atoms with Crippen molar-refractivity contribution >= 4 is 23.1 Å². The molecule has 0 rings (SSSR count). The smallest absolute Gasteiger partial charge is 0.245 e. The lowest BCUT2D eigenvalue weighted by Crippen LogP contribution is -1.87. The van der Waals surface area contributed by atoms with Crippen LogP contribution in [0.3, 0.4) is 0 Å². The number of allylic oxidation sites excluding steroid dienone is 2. The van der Waals surface area contributed by atoms with Gasteiger partial charge in [0.1, 0.15) is 7.11 Å². The number of oxime groups is 1. The lowest BCUT2D eigenvalue weighted by molar-refractivity contribution is -0.107. The molecule has 0 heterocycles. The summed E-state index contributed by atoms with van der Waals surface area (Å²) in [6.07, 6.45) is 3.47. The fourth-order valence-electron chi connectivity index (χ4n) is 0.497. The van der Waals surface area contributed by atoms with Crippen LogP contribution in [0, 0.1) is 0 Å². The van der Waals surface area contributed by atoms with Gasteiger partial charge in [0, 0.05) is 6.08 Å². The Labute approximate surface area is 70.7 Å². The molecule has 11 heavy (non-hydrogen) atoms.